The molecule has 0 amide bonds. The minimum absolute atomic E-state index is 0. The van der Waals surface area contributed by atoms with Gasteiger partial charge in [0.15, 0.2) is 0 Å². The van der Waals surface area contributed by atoms with E-state index in [2.05, 4.69) is 85.1 Å². The van der Waals surface area contributed by atoms with Gasteiger partial charge < -0.3 is 14.0 Å². The Labute approximate surface area is 258 Å². The summed E-state index contributed by atoms with van der Waals surface area (Å²) in [5, 5.41) is 2.32. The standard InChI is InChI=1S/C36H25N3O2.Pt/c1-36(2)28-13-6-12-27-26-16-15-24(20-30(26)39(33(27)28)34-29(36)14-7-17-37-34)40-23-10-5-9-22(18-23)35-38-32-25-11-4-3-8-21(25)19-31(32)41-35;/h3-17,31-32H,19H2,1-2H3;/q-2;+2/t31-,32+;/m0./s1. The molecule has 0 N–H and O–H groups in total. The van der Waals surface area contributed by atoms with E-state index in [9.17, 15) is 0 Å². The van der Waals surface area contributed by atoms with Crippen LogP contribution >= 0.6 is 0 Å². The van der Waals surface area contributed by atoms with E-state index in [-0.39, 0.29) is 38.6 Å². The van der Waals surface area contributed by atoms with Crippen LogP contribution in [0, 0.1) is 12.1 Å². The average molecular weight is 727 g/mol. The predicted octanol–water partition coefficient (Wildman–Crippen LogP) is 7.65. The number of nitrogens with zero attached hydrogens (tertiary/aromatic N) is 3. The second kappa shape index (κ2) is 9.14. The van der Waals surface area contributed by atoms with E-state index in [1.54, 1.807) is 0 Å². The Bertz CT molecular complexity index is 2090. The largest absolute Gasteiger partial charge is 2.00 e. The van der Waals surface area contributed by atoms with Crippen LogP contribution in [0.5, 0.6) is 11.5 Å². The molecular weight excluding hydrogens is 701 g/mol. The van der Waals surface area contributed by atoms with Crippen LogP contribution in [0.3, 0.4) is 0 Å². The van der Waals surface area contributed by atoms with E-state index in [1.807, 2.05) is 36.5 Å². The van der Waals surface area contributed by atoms with Crippen molar-refractivity contribution in [1.82, 2.24) is 9.55 Å². The molecule has 4 aromatic carbocycles. The molecule has 2 atom stereocenters. The normalized spacial score (nSPS) is 19.0. The molecule has 0 unspecified atom stereocenters. The molecule has 1 aliphatic carbocycles. The third-order valence-electron chi connectivity index (χ3n) is 8.90. The third-order valence-corrected chi connectivity index (χ3v) is 8.90. The van der Waals surface area contributed by atoms with Gasteiger partial charge in [-0.2, -0.15) is 6.07 Å². The molecule has 4 heterocycles. The molecule has 0 bridgehead atoms. The summed E-state index contributed by atoms with van der Waals surface area (Å²) in [6.45, 7) is 4.55. The third kappa shape index (κ3) is 3.53. The summed E-state index contributed by atoms with van der Waals surface area (Å²) in [5.74, 6) is 2.78. The number of benzene rings is 4. The fourth-order valence-electron chi connectivity index (χ4n) is 6.93. The molecule has 2 aliphatic heterocycles. The van der Waals surface area contributed by atoms with Crippen molar-refractivity contribution in [3.05, 3.63) is 131 Å². The van der Waals surface area contributed by atoms with Crippen LogP contribution in [0.2, 0.25) is 0 Å². The number of ether oxygens (including phenoxy) is 2. The summed E-state index contributed by atoms with van der Waals surface area (Å²) in [6.07, 6.45) is 2.79. The van der Waals surface area contributed by atoms with E-state index in [0.717, 1.165) is 28.7 Å². The molecule has 5 nitrogen and oxygen atoms in total. The zero-order valence-corrected chi connectivity index (χ0v) is 25.3. The van der Waals surface area contributed by atoms with Crippen LogP contribution in [-0.4, -0.2) is 21.6 Å². The van der Waals surface area contributed by atoms with Gasteiger partial charge in [-0.3, -0.25) is 4.99 Å². The van der Waals surface area contributed by atoms with Crippen molar-refractivity contribution in [2.45, 2.75) is 37.8 Å². The number of hydrogen-bond donors (Lipinski definition) is 0. The maximum Gasteiger partial charge on any atom is 2.00 e. The fraction of sp³-hybridized carbons (Fsp3) is 0.167. The van der Waals surface area contributed by atoms with E-state index < -0.39 is 0 Å². The first-order valence-electron chi connectivity index (χ1n) is 14.0. The van der Waals surface area contributed by atoms with E-state index in [4.69, 9.17) is 19.5 Å². The van der Waals surface area contributed by atoms with Crippen molar-refractivity contribution in [3.8, 4) is 17.3 Å². The van der Waals surface area contributed by atoms with Gasteiger partial charge >= 0.3 is 21.1 Å². The summed E-state index contributed by atoms with van der Waals surface area (Å²) >= 11 is 0. The van der Waals surface area contributed by atoms with Crippen molar-refractivity contribution in [3.63, 3.8) is 0 Å². The van der Waals surface area contributed by atoms with Gasteiger partial charge in [-0.15, -0.1) is 35.7 Å². The molecule has 0 saturated heterocycles. The predicted molar refractivity (Wildman–Crippen MR) is 159 cm³/mol. The Morgan fingerprint density at radius 1 is 0.857 bits per heavy atom. The molecular formula is C36H25N3O2Pt. The van der Waals surface area contributed by atoms with Crippen molar-refractivity contribution < 1.29 is 30.5 Å². The SMILES string of the molecule is CC1(C)c2cccnc2-n2c3[c-]c(Oc4[c-]c(C5=N[C@@H]6c7ccccc7C[C@@H]6O5)ccc4)ccc3c3cccc1c32.[Pt+2]. The molecule has 0 radical (unpaired) electrons. The fourth-order valence-corrected chi connectivity index (χ4v) is 6.93. The van der Waals surface area contributed by atoms with Gasteiger partial charge in [-0.1, -0.05) is 79.5 Å². The smallest absolute Gasteiger partial charge is 0.514 e. The molecule has 0 spiro atoms. The Hall–Kier alpha value is -4.21. The molecule has 2 aromatic heterocycles. The number of rotatable bonds is 3. The second-order valence-electron chi connectivity index (χ2n) is 11.6. The van der Waals surface area contributed by atoms with Crippen molar-refractivity contribution in [2.24, 2.45) is 4.99 Å². The number of hydrogen-bond acceptors (Lipinski definition) is 4. The first-order chi connectivity index (χ1) is 20.1. The van der Waals surface area contributed by atoms with Crippen LogP contribution in [0.15, 0.2) is 96.1 Å². The summed E-state index contributed by atoms with van der Waals surface area (Å²) in [6, 6.07) is 36.1. The zero-order chi connectivity index (χ0) is 27.3. The Morgan fingerprint density at radius 2 is 1.69 bits per heavy atom. The molecule has 9 rings (SSSR count). The summed E-state index contributed by atoms with van der Waals surface area (Å²) < 4.78 is 14.9. The van der Waals surface area contributed by atoms with Crippen molar-refractivity contribution >= 4 is 27.7 Å². The number of para-hydroxylation sites is 1. The van der Waals surface area contributed by atoms with Gasteiger partial charge in [0.2, 0.25) is 0 Å². The first kappa shape index (κ1) is 25.5. The van der Waals surface area contributed by atoms with Crippen LogP contribution < -0.4 is 4.74 Å². The van der Waals surface area contributed by atoms with E-state index in [0.29, 0.717) is 17.4 Å². The zero-order valence-electron chi connectivity index (χ0n) is 23.0. The molecule has 0 saturated carbocycles. The number of aromatic nitrogens is 2. The molecule has 206 valence electrons. The second-order valence-corrected chi connectivity index (χ2v) is 11.6. The quantitative estimate of drug-likeness (QED) is 0.176. The maximum atomic E-state index is 6.35. The molecule has 0 fully saturated rings. The molecule has 3 aliphatic rings. The molecule has 6 heteroatoms. The number of fused-ring (bicyclic) bond motifs is 8. The van der Waals surface area contributed by atoms with E-state index in [1.165, 1.54) is 33.2 Å². The van der Waals surface area contributed by atoms with Gasteiger partial charge in [0.05, 0.1) is 0 Å². The maximum absolute atomic E-state index is 6.35. The minimum Gasteiger partial charge on any atom is -0.514 e. The summed E-state index contributed by atoms with van der Waals surface area (Å²) in [4.78, 5) is 9.77. The number of pyridine rings is 1. The van der Waals surface area contributed by atoms with Crippen LogP contribution in [0.25, 0.3) is 27.6 Å². The number of aliphatic imine (C=N–C) groups is 1. The van der Waals surface area contributed by atoms with Crippen LogP contribution in [-0.2, 0) is 37.6 Å². The summed E-state index contributed by atoms with van der Waals surface area (Å²) in [5.41, 5.74) is 7.83. The molecule has 42 heavy (non-hydrogen) atoms. The van der Waals surface area contributed by atoms with Gasteiger partial charge in [-0.25, -0.2) is 4.98 Å². The van der Waals surface area contributed by atoms with Gasteiger partial charge in [0.25, 0.3) is 0 Å². The van der Waals surface area contributed by atoms with Crippen LogP contribution in [0.1, 0.15) is 47.7 Å². The van der Waals surface area contributed by atoms with E-state index >= 15 is 0 Å². The van der Waals surface area contributed by atoms with Crippen LogP contribution in [0.4, 0.5) is 0 Å². The minimum atomic E-state index is -0.159. The van der Waals surface area contributed by atoms with Crippen molar-refractivity contribution in [2.75, 3.05) is 0 Å². The van der Waals surface area contributed by atoms with Gasteiger partial charge in [0, 0.05) is 40.6 Å². The summed E-state index contributed by atoms with van der Waals surface area (Å²) in [7, 11) is 0. The topological polar surface area (TPSA) is 48.6 Å². The van der Waals surface area contributed by atoms with Crippen molar-refractivity contribution in [1.29, 1.82) is 0 Å². The Morgan fingerprint density at radius 3 is 2.62 bits per heavy atom. The van der Waals surface area contributed by atoms with Gasteiger partial charge in [0.1, 0.15) is 23.9 Å². The average Bonchev–Trinajstić information content (AvgIpc) is 3.66. The monoisotopic (exact) mass is 726 g/mol. The molecule has 6 aromatic rings. The Balaban J connectivity index is 0.00000267. The first-order valence-corrected chi connectivity index (χ1v) is 14.0. The Kier molecular flexibility index (Phi) is 5.55. The van der Waals surface area contributed by atoms with Gasteiger partial charge in [-0.05, 0) is 28.1 Å².